The minimum absolute atomic E-state index is 0.0647. The van der Waals surface area contributed by atoms with Crippen LogP contribution in [0.15, 0.2) is 29.1 Å². The first-order valence-corrected chi connectivity index (χ1v) is 5.46. The number of hydrogen-bond donors (Lipinski definition) is 0. The zero-order chi connectivity index (χ0) is 12.4. The van der Waals surface area contributed by atoms with Crippen LogP contribution in [0.5, 0.6) is 11.5 Å². The molecule has 90 valence electrons. The second kappa shape index (κ2) is 4.49. The largest absolute Gasteiger partial charge is 0.497 e. The molecule has 1 aromatic heterocycles. The molecule has 0 aliphatic carbocycles. The third-order valence-electron chi connectivity index (χ3n) is 2.82. The zero-order valence-corrected chi connectivity index (χ0v) is 10.2. The van der Waals surface area contributed by atoms with E-state index < -0.39 is 0 Å². The molecule has 17 heavy (non-hydrogen) atoms. The van der Waals surface area contributed by atoms with Crippen LogP contribution in [0.3, 0.4) is 0 Å². The molecule has 0 atom stereocenters. The normalized spacial score (nSPS) is 10.5. The summed E-state index contributed by atoms with van der Waals surface area (Å²) in [5.74, 6) is 1.32. The highest BCUT2D eigenvalue weighted by molar-refractivity contribution is 5.86. The Morgan fingerprint density at radius 2 is 1.94 bits per heavy atom. The van der Waals surface area contributed by atoms with E-state index in [1.165, 1.54) is 6.07 Å². The third-order valence-corrected chi connectivity index (χ3v) is 2.82. The number of aromatic nitrogens is 1. The summed E-state index contributed by atoms with van der Waals surface area (Å²) in [5, 5.41) is 0.912. The Balaban J connectivity index is 2.87. The summed E-state index contributed by atoms with van der Waals surface area (Å²) in [5.41, 5.74) is 0.765. The number of ether oxygens (including phenoxy) is 2. The van der Waals surface area contributed by atoms with Crippen molar-refractivity contribution in [3.05, 3.63) is 34.6 Å². The standard InChI is InChI=1S/C13H15NO3/c1-4-14-11-7-9(16-2)5-6-10(11)12(17-3)8-13(14)15/h5-8H,4H2,1-3H3. The van der Waals surface area contributed by atoms with Crippen molar-refractivity contribution in [2.45, 2.75) is 13.5 Å². The summed E-state index contributed by atoms with van der Waals surface area (Å²) in [6.07, 6.45) is 0. The maximum atomic E-state index is 11.9. The first-order valence-electron chi connectivity index (χ1n) is 5.46. The highest BCUT2D eigenvalue weighted by atomic mass is 16.5. The number of fused-ring (bicyclic) bond motifs is 1. The van der Waals surface area contributed by atoms with Gasteiger partial charge in [0.05, 0.1) is 19.7 Å². The van der Waals surface area contributed by atoms with Gasteiger partial charge in [-0.15, -0.1) is 0 Å². The monoisotopic (exact) mass is 233 g/mol. The molecule has 2 aromatic rings. The van der Waals surface area contributed by atoms with Crippen molar-refractivity contribution in [3.8, 4) is 11.5 Å². The van der Waals surface area contributed by atoms with Crippen LogP contribution in [0.25, 0.3) is 10.9 Å². The first-order chi connectivity index (χ1) is 8.21. The van der Waals surface area contributed by atoms with Crippen LogP contribution in [0.1, 0.15) is 6.92 Å². The van der Waals surface area contributed by atoms with Gasteiger partial charge in [-0.2, -0.15) is 0 Å². The average Bonchev–Trinajstić information content (AvgIpc) is 2.37. The van der Waals surface area contributed by atoms with Gasteiger partial charge in [0, 0.05) is 24.1 Å². The Hall–Kier alpha value is -1.97. The minimum Gasteiger partial charge on any atom is -0.497 e. The van der Waals surface area contributed by atoms with Crippen molar-refractivity contribution in [3.63, 3.8) is 0 Å². The number of hydrogen-bond acceptors (Lipinski definition) is 3. The lowest BCUT2D eigenvalue weighted by Crippen LogP contribution is -2.18. The summed E-state index contributed by atoms with van der Waals surface area (Å²) in [6, 6.07) is 7.12. The van der Waals surface area contributed by atoms with E-state index in [4.69, 9.17) is 9.47 Å². The second-order valence-electron chi connectivity index (χ2n) is 3.68. The number of methoxy groups -OCH3 is 2. The van der Waals surface area contributed by atoms with Crippen LogP contribution in [0.4, 0.5) is 0 Å². The number of rotatable bonds is 3. The molecule has 0 aliphatic rings. The Kier molecular flexibility index (Phi) is 3.04. The molecule has 4 heteroatoms. The van der Waals surface area contributed by atoms with Gasteiger partial charge < -0.3 is 14.0 Å². The second-order valence-corrected chi connectivity index (χ2v) is 3.68. The van der Waals surface area contributed by atoms with E-state index in [-0.39, 0.29) is 5.56 Å². The van der Waals surface area contributed by atoms with Crippen LogP contribution >= 0.6 is 0 Å². The molecule has 4 nitrogen and oxygen atoms in total. The molecule has 0 fully saturated rings. The van der Waals surface area contributed by atoms with Gasteiger partial charge in [0.2, 0.25) is 0 Å². The zero-order valence-electron chi connectivity index (χ0n) is 10.2. The molecule has 0 saturated carbocycles. The summed E-state index contributed by atoms with van der Waals surface area (Å²) in [4.78, 5) is 11.9. The SMILES string of the molecule is CCn1c(=O)cc(OC)c2ccc(OC)cc21. The van der Waals surface area contributed by atoms with Crippen LogP contribution in [-0.2, 0) is 6.54 Å². The Labute approximate surface area is 99.4 Å². The number of pyridine rings is 1. The van der Waals surface area contributed by atoms with E-state index in [0.717, 1.165) is 16.7 Å². The molecule has 0 N–H and O–H groups in total. The first kappa shape index (κ1) is 11.5. The van der Waals surface area contributed by atoms with E-state index in [1.54, 1.807) is 18.8 Å². The quantitative estimate of drug-likeness (QED) is 0.814. The molecular formula is C13H15NO3. The van der Waals surface area contributed by atoms with Crippen molar-refractivity contribution in [2.75, 3.05) is 14.2 Å². The molecule has 0 saturated heterocycles. The van der Waals surface area contributed by atoms with Crippen LogP contribution in [0, 0.1) is 0 Å². The van der Waals surface area contributed by atoms with Gasteiger partial charge in [0.15, 0.2) is 0 Å². The van der Waals surface area contributed by atoms with E-state index in [9.17, 15) is 4.79 Å². The molecule has 0 aliphatic heterocycles. The highest BCUT2D eigenvalue weighted by Gasteiger charge is 2.09. The van der Waals surface area contributed by atoms with Crippen LogP contribution in [0.2, 0.25) is 0 Å². The maximum absolute atomic E-state index is 11.9. The number of aryl methyl sites for hydroxylation is 1. The van der Waals surface area contributed by atoms with Gasteiger partial charge in [0.1, 0.15) is 11.5 Å². The fraction of sp³-hybridized carbons (Fsp3) is 0.308. The minimum atomic E-state index is -0.0647. The van der Waals surface area contributed by atoms with Crippen molar-refractivity contribution in [1.82, 2.24) is 4.57 Å². The van der Waals surface area contributed by atoms with Crippen LogP contribution < -0.4 is 15.0 Å². The van der Waals surface area contributed by atoms with Gasteiger partial charge in [0.25, 0.3) is 5.56 Å². The van der Waals surface area contributed by atoms with Gasteiger partial charge in [-0.3, -0.25) is 4.79 Å². The Bertz CT molecular complexity index is 601. The summed E-state index contributed by atoms with van der Waals surface area (Å²) in [6.45, 7) is 2.55. The fourth-order valence-corrected chi connectivity index (χ4v) is 1.95. The third kappa shape index (κ3) is 1.86. The molecule has 0 bridgehead atoms. The maximum Gasteiger partial charge on any atom is 0.254 e. The van der Waals surface area contributed by atoms with Crippen molar-refractivity contribution >= 4 is 10.9 Å². The predicted octanol–water partition coefficient (Wildman–Crippen LogP) is 2.04. The molecule has 2 rings (SSSR count). The highest BCUT2D eigenvalue weighted by Crippen LogP contribution is 2.26. The summed E-state index contributed by atoms with van der Waals surface area (Å²) < 4.78 is 12.1. The van der Waals surface area contributed by atoms with Crippen molar-refractivity contribution in [2.24, 2.45) is 0 Å². The molecule has 1 heterocycles. The van der Waals surface area contributed by atoms with E-state index in [1.807, 2.05) is 25.1 Å². The smallest absolute Gasteiger partial charge is 0.254 e. The lowest BCUT2D eigenvalue weighted by Gasteiger charge is -2.12. The molecule has 0 amide bonds. The van der Waals surface area contributed by atoms with E-state index >= 15 is 0 Å². The molecule has 1 aromatic carbocycles. The Morgan fingerprint density at radius 3 is 2.53 bits per heavy atom. The average molecular weight is 233 g/mol. The Morgan fingerprint density at radius 1 is 1.18 bits per heavy atom. The summed E-state index contributed by atoms with van der Waals surface area (Å²) in [7, 11) is 3.17. The lowest BCUT2D eigenvalue weighted by atomic mass is 10.2. The predicted molar refractivity (Wildman–Crippen MR) is 67.0 cm³/mol. The van der Waals surface area contributed by atoms with Gasteiger partial charge in [-0.25, -0.2) is 0 Å². The molecule has 0 radical (unpaired) electrons. The number of benzene rings is 1. The molecular weight excluding hydrogens is 218 g/mol. The topological polar surface area (TPSA) is 40.5 Å². The van der Waals surface area contributed by atoms with Gasteiger partial charge in [-0.05, 0) is 19.1 Å². The van der Waals surface area contributed by atoms with Crippen molar-refractivity contribution in [1.29, 1.82) is 0 Å². The van der Waals surface area contributed by atoms with E-state index in [2.05, 4.69) is 0 Å². The summed E-state index contributed by atoms with van der Waals surface area (Å²) >= 11 is 0. The van der Waals surface area contributed by atoms with Crippen molar-refractivity contribution < 1.29 is 9.47 Å². The lowest BCUT2D eigenvalue weighted by molar-refractivity contribution is 0.413. The molecule has 0 unspecified atom stereocenters. The van der Waals surface area contributed by atoms with Crippen LogP contribution in [-0.4, -0.2) is 18.8 Å². The number of nitrogens with zero attached hydrogens (tertiary/aromatic N) is 1. The molecule has 0 spiro atoms. The fourth-order valence-electron chi connectivity index (χ4n) is 1.95. The van der Waals surface area contributed by atoms with Gasteiger partial charge >= 0.3 is 0 Å². The van der Waals surface area contributed by atoms with Gasteiger partial charge in [-0.1, -0.05) is 0 Å². The van der Waals surface area contributed by atoms with E-state index in [0.29, 0.717) is 12.3 Å².